The maximum atomic E-state index is 11.2. The number of amides is 2. The summed E-state index contributed by atoms with van der Waals surface area (Å²) >= 11 is 0. The molecule has 1 aromatic rings. The van der Waals surface area contributed by atoms with Crippen molar-refractivity contribution in [3.63, 3.8) is 0 Å². The summed E-state index contributed by atoms with van der Waals surface area (Å²) in [4.78, 5) is 12.8. The minimum Gasteiger partial charge on any atom is -0.351 e. The molecule has 0 spiro atoms. The molecule has 4 nitrogen and oxygen atoms in total. The van der Waals surface area contributed by atoms with Gasteiger partial charge in [-0.1, -0.05) is 29.8 Å². The van der Waals surface area contributed by atoms with Crippen LogP contribution in [0, 0.1) is 6.92 Å². The topological polar surface area (TPSA) is 72.3 Å². The molecule has 0 fully saturated rings. The molecule has 0 aliphatic rings. The first-order chi connectivity index (χ1) is 7.99. The van der Waals surface area contributed by atoms with E-state index >= 15 is 0 Å². The van der Waals surface area contributed by atoms with Crippen molar-refractivity contribution in [1.82, 2.24) is 4.90 Å². The van der Waals surface area contributed by atoms with E-state index in [4.69, 9.17) is 11.5 Å². The highest BCUT2D eigenvalue weighted by molar-refractivity contribution is 5.72. The summed E-state index contributed by atoms with van der Waals surface area (Å²) in [5.74, 6) is 0. The van der Waals surface area contributed by atoms with Gasteiger partial charge in [-0.3, -0.25) is 0 Å². The summed E-state index contributed by atoms with van der Waals surface area (Å²) in [6, 6.07) is 7.81. The quantitative estimate of drug-likeness (QED) is 0.806. The second-order valence-corrected chi connectivity index (χ2v) is 4.50. The Morgan fingerprint density at radius 2 is 1.94 bits per heavy atom. The van der Waals surface area contributed by atoms with Crippen molar-refractivity contribution in [1.29, 1.82) is 0 Å². The van der Waals surface area contributed by atoms with Gasteiger partial charge in [0.05, 0.1) is 0 Å². The minimum absolute atomic E-state index is 0.0551. The van der Waals surface area contributed by atoms with Gasteiger partial charge in [-0.05, 0) is 25.8 Å². The number of rotatable bonds is 5. The SMILES string of the molecule is Cc1ccc(CCN(CC(C)N)C(N)=O)cc1. The molecule has 1 atom stereocenters. The number of urea groups is 1. The number of primary amides is 1. The minimum atomic E-state index is -0.408. The molecule has 0 saturated carbocycles. The number of carbonyl (C=O) groups is 1. The molecule has 94 valence electrons. The van der Waals surface area contributed by atoms with Crippen LogP contribution < -0.4 is 11.5 Å². The highest BCUT2D eigenvalue weighted by Crippen LogP contribution is 2.05. The number of carbonyl (C=O) groups excluding carboxylic acids is 1. The second-order valence-electron chi connectivity index (χ2n) is 4.50. The van der Waals surface area contributed by atoms with Crippen molar-refractivity contribution in [2.24, 2.45) is 11.5 Å². The molecule has 2 amide bonds. The van der Waals surface area contributed by atoms with Crippen LogP contribution >= 0.6 is 0 Å². The van der Waals surface area contributed by atoms with Crippen molar-refractivity contribution in [3.8, 4) is 0 Å². The number of nitrogens with two attached hydrogens (primary N) is 2. The second kappa shape index (κ2) is 6.25. The van der Waals surface area contributed by atoms with Crippen LogP contribution in [0.4, 0.5) is 4.79 Å². The van der Waals surface area contributed by atoms with Crippen molar-refractivity contribution in [2.75, 3.05) is 13.1 Å². The lowest BCUT2D eigenvalue weighted by atomic mass is 10.1. The van der Waals surface area contributed by atoms with Gasteiger partial charge in [-0.25, -0.2) is 4.79 Å². The van der Waals surface area contributed by atoms with Gasteiger partial charge in [0.25, 0.3) is 0 Å². The van der Waals surface area contributed by atoms with Gasteiger partial charge in [-0.15, -0.1) is 0 Å². The molecule has 0 bridgehead atoms. The Bertz CT molecular complexity index is 359. The van der Waals surface area contributed by atoms with E-state index in [2.05, 4.69) is 31.2 Å². The van der Waals surface area contributed by atoms with Gasteiger partial charge in [-0.2, -0.15) is 0 Å². The molecule has 0 radical (unpaired) electrons. The smallest absolute Gasteiger partial charge is 0.314 e. The molecule has 0 heterocycles. The molecule has 17 heavy (non-hydrogen) atoms. The van der Waals surface area contributed by atoms with E-state index in [-0.39, 0.29) is 6.04 Å². The molecule has 0 aromatic heterocycles. The predicted octanol–water partition coefficient (Wildman–Crippen LogP) is 1.27. The van der Waals surface area contributed by atoms with E-state index in [0.29, 0.717) is 13.1 Å². The van der Waals surface area contributed by atoms with Crippen LogP contribution in [0.3, 0.4) is 0 Å². The van der Waals surface area contributed by atoms with Gasteiger partial charge in [0, 0.05) is 19.1 Å². The average Bonchev–Trinajstić information content (AvgIpc) is 2.25. The fraction of sp³-hybridized carbons (Fsp3) is 0.462. The summed E-state index contributed by atoms with van der Waals surface area (Å²) in [6.07, 6.45) is 0.802. The summed E-state index contributed by atoms with van der Waals surface area (Å²) in [6.45, 7) is 5.03. The molecular formula is C13H21N3O. The van der Waals surface area contributed by atoms with Crippen LogP contribution in [0.5, 0.6) is 0 Å². The lowest BCUT2D eigenvalue weighted by molar-refractivity contribution is 0.205. The fourth-order valence-electron chi connectivity index (χ4n) is 1.66. The van der Waals surface area contributed by atoms with Crippen LogP contribution in [-0.2, 0) is 6.42 Å². The summed E-state index contributed by atoms with van der Waals surface area (Å²) < 4.78 is 0. The first-order valence-electron chi connectivity index (χ1n) is 5.84. The Labute approximate surface area is 103 Å². The number of aryl methyl sites for hydroxylation is 1. The van der Waals surface area contributed by atoms with E-state index in [9.17, 15) is 4.79 Å². The van der Waals surface area contributed by atoms with Crippen LogP contribution in [-0.4, -0.2) is 30.1 Å². The molecule has 0 aliphatic heterocycles. The van der Waals surface area contributed by atoms with Gasteiger partial charge in [0.2, 0.25) is 0 Å². The first-order valence-corrected chi connectivity index (χ1v) is 5.84. The van der Waals surface area contributed by atoms with E-state index in [1.54, 1.807) is 4.90 Å². The van der Waals surface area contributed by atoms with Crippen molar-refractivity contribution in [3.05, 3.63) is 35.4 Å². The predicted molar refractivity (Wildman–Crippen MR) is 69.7 cm³/mol. The summed E-state index contributed by atoms with van der Waals surface area (Å²) in [5.41, 5.74) is 13.4. The van der Waals surface area contributed by atoms with Crippen molar-refractivity contribution in [2.45, 2.75) is 26.3 Å². The van der Waals surface area contributed by atoms with E-state index in [0.717, 1.165) is 6.42 Å². The normalized spacial score (nSPS) is 12.2. The van der Waals surface area contributed by atoms with Crippen LogP contribution in [0.1, 0.15) is 18.1 Å². The summed E-state index contributed by atoms with van der Waals surface area (Å²) in [7, 11) is 0. The third kappa shape index (κ3) is 4.87. The van der Waals surface area contributed by atoms with Crippen molar-refractivity contribution < 1.29 is 4.79 Å². The van der Waals surface area contributed by atoms with Crippen LogP contribution in [0.15, 0.2) is 24.3 Å². The zero-order valence-electron chi connectivity index (χ0n) is 10.5. The Morgan fingerprint density at radius 3 is 2.41 bits per heavy atom. The van der Waals surface area contributed by atoms with Crippen LogP contribution in [0.25, 0.3) is 0 Å². The maximum Gasteiger partial charge on any atom is 0.314 e. The third-order valence-corrected chi connectivity index (χ3v) is 2.61. The summed E-state index contributed by atoms with van der Waals surface area (Å²) in [5, 5.41) is 0. The monoisotopic (exact) mass is 235 g/mol. The molecule has 1 rings (SSSR count). The van der Waals surface area contributed by atoms with Gasteiger partial charge < -0.3 is 16.4 Å². The number of benzene rings is 1. The van der Waals surface area contributed by atoms with Gasteiger partial charge in [0.15, 0.2) is 0 Å². The standard InChI is InChI=1S/C13H21N3O/c1-10-3-5-12(6-4-10)7-8-16(13(15)17)9-11(2)14/h3-6,11H,7-9,14H2,1-2H3,(H2,15,17). The zero-order chi connectivity index (χ0) is 12.8. The number of nitrogens with zero attached hydrogens (tertiary/aromatic N) is 1. The van der Waals surface area contributed by atoms with E-state index < -0.39 is 6.03 Å². The molecule has 1 aromatic carbocycles. The number of hydrogen-bond acceptors (Lipinski definition) is 2. The molecular weight excluding hydrogens is 214 g/mol. The molecule has 0 saturated heterocycles. The lowest BCUT2D eigenvalue weighted by Gasteiger charge is -2.22. The van der Waals surface area contributed by atoms with Crippen molar-refractivity contribution >= 4 is 6.03 Å². The largest absolute Gasteiger partial charge is 0.351 e. The molecule has 1 unspecified atom stereocenters. The lowest BCUT2D eigenvalue weighted by Crippen LogP contribution is -2.43. The average molecular weight is 235 g/mol. The molecule has 4 N–H and O–H groups in total. The maximum absolute atomic E-state index is 11.2. The molecule has 0 aliphatic carbocycles. The van der Waals surface area contributed by atoms with Gasteiger partial charge in [0.1, 0.15) is 0 Å². The Morgan fingerprint density at radius 1 is 1.35 bits per heavy atom. The highest BCUT2D eigenvalue weighted by Gasteiger charge is 2.11. The highest BCUT2D eigenvalue weighted by atomic mass is 16.2. The fourth-order valence-corrected chi connectivity index (χ4v) is 1.66. The Hall–Kier alpha value is -1.55. The molecule has 4 heteroatoms. The number of hydrogen-bond donors (Lipinski definition) is 2. The van der Waals surface area contributed by atoms with E-state index in [1.165, 1.54) is 11.1 Å². The van der Waals surface area contributed by atoms with Gasteiger partial charge >= 0.3 is 6.03 Å². The zero-order valence-corrected chi connectivity index (χ0v) is 10.5. The van der Waals surface area contributed by atoms with Crippen LogP contribution in [0.2, 0.25) is 0 Å². The Kier molecular flexibility index (Phi) is 4.97. The Balaban J connectivity index is 2.51. The van der Waals surface area contributed by atoms with E-state index in [1.807, 2.05) is 6.92 Å². The first kappa shape index (κ1) is 13.5. The third-order valence-electron chi connectivity index (χ3n) is 2.61.